The second kappa shape index (κ2) is 6.00. The fraction of sp³-hybridized carbons (Fsp3) is 0.294. The van der Waals surface area contributed by atoms with Crippen LogP contribution in [0.25, 0.3) is 11.1 Å². The van der Waals surface area contributed by atoms with Crippen LogP contribution >= 0.6 is 0 Å². The van der Waals surface area contributed by atoms with Crippen molar-refractivity contribution >= 4 is 0 Å². The van der Waals surface area contributed by atoms with Gasteiger partial charge < -0.3 is 10.1 Å². The van der Waals surface area contributed by atoms with E-state index in [0.717, 1.165) is 26.1 Å². The molecular weight excluding hydrogens is 234 g/mol. The van der Waals surface area contributed by atoms with E-state index in [2.05, 4.69) is 53.8 Å². The second-order valence-electron chi connectivity index (χ2n) is 4.96. The average Bonchev–Trinajstić information content (AvgIpc) is 2.50. The van der Waals surface area contributed by atoms with Crippen molar-refractivity contribution in [2.24, 2.45) is 0 Å². The maximum Gasteiger partial charge on any atom is 0.0740 e. The van der Waals surface area contributed by atoms with Crippen LogP contribution in [0.15, 0.2) is 54.6 Å². The molecule has 1 saturated heterocycles. The topological polar surface area (TPSA) is 21.3 Å². The first kappa shape index (κ1) is 12.4. The van der Waals surface area contributed by atoms with Crippen LogP contribution in [0, 0.1) is 0 Å². The van der Waals surface area contributed by atoms with Crippen LogP contribution in [0.1, 0.15) is 5.56 Å². The van der Waals surface area contributed by atoms with Crippen LogP contribution in [-0.2, 0) is 11.2 Å². The van der Waals surface area contributed by atoms with Gasteiger partial charge in [-0.15, -0.1) is 0 Å². The summed E-state index contributed by atoms with van der Waals surface area (Å²) in [5.74, 6) is 0. The number of benzene rings is 2. The van der Waals surface area contributed by atoms with E-state index in [-0.39, 0.29) is 0 Å². The number of morpholine rings is 1. The third-order valence-corrected chi connectivity index (χ3v) is 3.53. The average molecular weight is 253 g/mol. The molecule has 2 aromatic carbocycles. The zero-order chi connectivity index (χ0) is 12.9. The minimum Gasteiger partial charge on any atom is -0.375 e. The number of nitrogens with one attached hydrogen (secondary N) is 1. The molecule has 3 rings (SSSR count). The van der Waals surface area contributed by atoms with E-state index in [1.165, 1.54) is 16.7 Å². The van der Waals surface area contributed by atoms with Crippen molar-refractivity contribution in [2.45, 2.75) is 12.5 Å². The summed E-state index contributed by atoms with van der Waals surface area (Å²) >= 11 is 0. The summed E-state index contributed by atoms with van der Waals surface area (Å²) in [7, 11) is 0. The summed E-state index contributed by atoms with van der Waals surface area (Å²) in [5, 5.41) is 3.37. The van der Waals surface area contributed by atoms with Gasteiger partial charge in [-0.25, -0.2) is 0 Å². The van der Waals surface area contributed by atoms with Gasteiger partial charge in [0.1, 0.15) is 0 Å². The van der Waals surface area contributed by atoms with Crippen molar-refractivity contribution in [3.05, 3.63) is 60.2 Å². The highest BCUT2D eigenvalue weighted by atomic mass is 16.5. The fourth-order valence-electron chi connectivity index (χ4n) is 2.48. The molecule has 98 valence electrons. The van der Waals surface area contributed by atoms with Crippen molar-refractivity contribution in [3.8, 4) is 11.1 Å². The molecule has 1 fully saturated rings. The lowest BCUT2D eigenvalue weighted by molar-refractivity contribution is 0.0292. The Labute approximate surface area is 114 Å². The summed E-state index contributed by atoms with van der Waals surface area (Å²) in [6.45, 7) is 2.76. The molecule has 0 spiro atoms. The van der Waals surface area contributed by atoms with Gasteiger partial charge in [-0.05, 0) is 23.1 Å². The SMILES string of the molecule is c1ccc(-c2ccc(CC3CNCCO3)cc2)cc1. The molecule has 0 aliphatic carbocycles. The van der Waals surface area contributed by atoms with E-state index in [9.17, 15) is 0 Å². The molecule has 0 radical (unpaired) electrons. The molecule has 1 N–H and O–H groups in total. The Morgan fingerprint density at radius 3 is 2.37 bits per heavy atom. The Hall–Kier alpha value is -1.64. The standard InChI is InChI=1S/C17H19NO/c1-2-4-15(5-3-1)16-8-6-14(7-9-16)12-17-13-18-10-11-19-17/h1-9,17-18H,10-13H2. The third-order valence-electron chi connectivity index (χ3n) is 3.53. The van der Waals surface area contributed by atoms with Crippen molar-refractivity contribution < 1.29 is 4.74 Å². The van der Waals surface area contributed by atoms with Crippen molar-refractivity contribution in [1.82, 2.24) is 5.32 Å². The smallest absolute Gasteiger partial charge is 0.0740 e. The molecule has 1 atom stereocenters. The molecule has 0 aromatic heterocycles. The van der Waals surface area contributed by atoms with Crippen molar-refractivity contribution in [3.63, 3.8) is 0 Å². The van der Waals surface area contributed by atoms with Gasteiger partial charge in [-0.3, -0.25) is 0 Å². The molecule has 1 aliphatic rings. The molecule has 2 aromatic rings. The lowest BCUT2D eigenvalue weighted by atomic mass is 10.0. The Balaban J connectivity index is 1.68. The molecule has 1 unspecified atom stereocenters. The highest BCUT2D eigenvalue weighted by Gasteiger charge is 2.13. The van der Waals surface area contributed by atoms with Gasteiger partial charge in [0.05, 0.1) is 12.7 Å². The highest BCUT2D eigenvalue weighted by Crippen LogP contribution is 2.20. The maximum absolute atomic E-state index is 5.73. The molecule has 0 amide bonds. The fourth-order valence-corrected chi connectivity index (χ4v) is 2.48. The Bertz CT molecular complexity index is 501. The van der Waals surface area contributed by atoms with E-state index in [1.807, 2.05) is 6.07 Å². The monoisotopic (exact) mass is 253 g/mol. The Kier molecular flexibility index (Phi) is 3.92. The minimum absolute atomic E-state index is 0.316. The number of hydrogen-bond acceptors (Lipinski definition) is 2. The van der Waals surface area contributed by atoms with E-state index in [0.29, 0.717) is 6.10 Å². The lowest BCUT2D eigenvalue weighted by Gasteiger charge is -2.23. The third kappa shape index (κ3) is 3.22. The van der Waals surface area contributed by atoms with Crippen molar-refractivity contribution in [2.75, 3.05) is 19.7 Å². The normalized spacial score (nSPS) is 19.3. The number of hydrogen-bond donors (Lipinski definition) is 1. The Morgan fingerprint density at radius 1 is 0.947 bits per heavy atom. The molecule has 0 saturated carbocycles. The molecule has 1 aliphatic heterocycles. The summed E-state index contributed by atoms with van der Waals surface area (Å²) in [5.41, 5.74) is 3.88. The summed E-state index contributed by atoms with van der Waals surface area (Å²) in [6, 6.07) is 19.3. The van der Waals surface area contributed by atoms with E-state index < -0.39 is 0 Å². The van der Waals surface area contributed by atoms with Crippen LogP contribution in [0.2, 0.25) is 0 Å². The van der Waals surface area contributed by atoms with Gasteiger partial charge >= 0.3 is 0 Å². The first-order chi connectivity index (χ1) is 9.42. The lowest BCUT2D eigenvalue weighted by Crippen LogP contribution is -2.39. The first-order valence-electron chi connectivity index (χ1n) is 6.88. The largest absolute Gasteiger partial charge is 0.375 e. The molecular formula is C17H19NO. The molecule has 0 bridgehead atoms. The highest BCUT2D eigenvalue weighted by molar-refractivity contribution is 5.63. The summed E-state index contributed by atoms with van der Waals surface area (Å²) in [6.07, 6.45) is 1.30. The molecule has 19 heavy (non-hydrogen) atoms. The van der Waals surface area contributed by atoms with Crippen LogP contribution in [0.3, 0.4) is 0 Å². The van der Waals surface area contributed by atoms with Gasteiger partial charge in [0.2, 0.25) is 0 Å². The first-order valence-corrected chi connectivity index (χ1v) is 6.88. The summed E-state index contributed by atoms with van der Waals surface area (Å²) in [4.78, 5) is 0. The zero-order valence-corrected chi connectivity index (χ0v) is 11.0. The van der Waals surface area contributed by atoms with Crippen LogP contribution in [0.4, 0.5) is 0 Å². The maximum atomic E-state index is 5.73. The predicted molar refractivity (Wildman–Crippen MR) is 78.2 cm³/mol. The van der Waals surface area contributed by atoms with E-state index in [4.69, 9.17) is 4.74 Å². The van der Waals surface area contributed by atoms with Crippen LogP contribution < -0.4 is 5.32 Å². The zero-order valence-electron chi connectivity index (χ0n) is 11.0. The van der Waals surface area contributed by atoms with E-state index in [1.54, 1.807) is 0 Å². The number of ether oxygens (including phenoxy) is 1. The van der Waals surface area contributed by atoms with E-state index >= 15 is 0 Å². The second-order valence-corrected chi connectivity index (χ2v) is 4.96. The van der Waals surface area contributed by atoms with Gasteiger partial charge in [0, 0.05) is 13.1 Å². The molecule has 2 heteroatoms. The van der Waals surface area contributed by atoms with Gasteiger partial charge in [-0.1, -0.05) is 54.6 Å². The van der Waals surface area contributed by atoms with Gasteiger partial charge in [-0.2, -0.15) is 0 Å². The quantitative estimate of drug-likeness (QED) is 0.908. The molecule has 2 nitrogen and oxygen atoms in total. The number of rotatable bonds is 3. The van der Waals surface area contributed by atoms with Crippen LogP contribution in [-0.4, -0.2) is 25.8 Å². The summed E-state index contributed by atoms with van der Waals surface area (Å²) < 4.78 is 5.73. The van der Waals surface area contributed by atoms with Gasteiger partial charge in [0.25, 0.3) is 0 Å². The predicted octanol–water partition coefficient (Wildman–Crippen LogP) is 2.88. The van der Waals surface area contributed by atoms with Gasteiger partial charge in [0.15, 0.2) is 0 Å². The van der Waals surface area contributed by atoms with Crippen LogP contribution in [0.5, 0.6) is 0 Å². The minimum atomic E-state index is 0.316. The molecule has 1 heterocycles. The van der Waals surface area contributed by atoms with Crippen molar-refractivity contribution in [1.29, 1.82) is 0 Å². The Morgan fingerprint density at radius 2 is 1.68 bits per heavy atom.